The molecule has 7 heteroatoms. The van der Waals surface area contributed by atoms with Crippen LogP contribution in [0.25, 0.3) is 11.0 Å². The fourth-order valence-electron chi connectivity index (χ4n) is 2.66. The third kappa shape index (κ3) is 4.91. The standard InChI is InChI=1S/C19H22ClIO5/c1-3-5-12-14(25-11-4-10-20)7-6-13-18(23)17(21)15(26-19(12)13)8-9-16(22)24-2/h6-7H,3-5,8-11H2,1-2H3. The van der Waals surface area contributed by atoms with E-state index < -0.39 is 0 Å². The van der Waals surface area contributed by atoms with Crippen molar-refractivity contribution in [3.05, 3.63) is 37.2 Å². The van der Waals surface area contributed by atoms with Crippen molar-refractivity contribution in [1.82, 2.24) is 0 Å². The zero-order valence-corrected chi connectivity index (χ0v) is 17.8. The number of hydrogen-bond acceptors (Lipinski definition) is 5. The number of fused-ring (bicyclic) bond motifs is 1. The van der Waals surface area contributed by atoms with Crippen molar-refractivity contribution >= 4 is 51.1 Å². The number of esters is 1. The highest BCUT2D eigenvalue weighted by Gasteiger charge is 2.18. The van der Waals surface area contributed by atoms with Crippen LogP contribution >= 0.6 is 34.2 Å². The van der Waals surface area contributed by atoms with E-state index in [1.165, 1.54) is 7.11 Å². The highest BCUT2D eigenvalue weighted by Crippen LogP contribution is 2.30. The van der Waals surface area contributed by atoms with Crippen LogP contribution in [-0.2, 0) is 22.4 Å². The molecule has 1 heterocycles. The fraction of sp³-hybridized carbons (Fsp3) is 0.474. The molecule has 26 heavy (non-hydrogen) atoms. The van der Waals surface area contributed by atoms with E-state index in [2.05, 4.69) is 11.7 Å². The van der Waals surface area contributed by atoms with Gasteiger partial charge >= 0.3 is 5.97 Å². The molecule has 2 rings (SSSR count). The molecule has 0 bridgehead atoms. The monoisotopic (exact) mass is 492 g/mol. The maximum absolute atomic E-state index is 12.7. The summed E-state index contributed by atoms with van der Waals surface area (Å²) < 4.78 is 17.1. The van der Waals surface area contributed by atoms with Gasteiger partial charge in [-0.15, -0.1) is 11.6 Å². The molecule has 0 aliphatic heterocycles. The first-order chi connectivity index (χ1) is 12.5. The van der Waals surface area contributed by atoms with Crippen molar-refractivity contribution in [3.63, 3.8) is 0 Å². The fourth-order valence-corrected chi connectivity index (χ4v) is 3.43. The molecule has 142 valence electrons. The molecular formula is C19H22ClIO5. The van der Waals surface area contributed by atoms with Gasteiger partial charge in [0.05, 0.1) is 29.1 Å². The number of hydrogen-bond donors (Lipinski definition) is 0. The first-order valence-corrected chi connectivity index (χ1v) is 10.2. The quantitative estimate of drug-likeness (QED) is 0.224. The van der Waals surface area contributed by atoms with E-state index in [-0.39, 0.29) is 17.8 Å². The lowest BCUT2D eigenvalue weighted by molar-refractivity contribution is -0.140. The molecule has 0 fully saturated rings. The molecular weight excluding hydrogens is 471 g/mol. The van der Waals surface area contributed by atoms with E-state index in [4.69, 9.17) is 20.8 Å². The van der Waals surface area contributed by atoms with Gasteiger partial charge in [0.1, 0.15) is 17.1 Å². The molecule has 0 N–H and O–H groups in total. The van der Waals surface area contributed by atoms with Crippen LogP contribution in [0.5, 0.6) is 5.75 Å². The van der Waals surface area contributed by atoms with Crippen LogP contribution < -0.4 is 10.2 Å². The predicted octanol–water partition coefficient (Wildman–Crippen LogP) is 4.46. The Hall–Kier alpha value is -1.28. The Kier molecular flexibility index (Phi) is 8.21. The Morgan fingerprint density at radius 3 is 2.73 bits per heavy atom. The molecule has 0 saturated carbocycles. The molecule has 1 aromatic carbocycles. The van der Waals surface area contributed by atoms with Crippen LogP contribution in [0.4, 0.5) is 0 Å². The highest BCUT2D eigenvalue weighted by molar-refractivity contribution is 14.1. The molecule has 5 nitrogen and oxygen atoms in total. The van der Waals surface area contributed by atoms with Gasteiger partial charge in [-0.2, -0.15) is 0 Å². The van der Waals surface area contributed by atoms with Crippen LogP contribution in [0.2, 0.25) is 0 Å². The summed E-state index contributed by atoms with van der Waals surface area (Å²) in [5.41, 5.74) is 1.34. The number of ether oxygens (including phenoxy) is 2. The number of halogens is 2. The maximum Gasteiger partial charge on any atom is 0.305 e. The molecule has 0 aliphatic carbocycles. The minimum absolute atomic E-state index is 0.0867. The Labute approximate surface area is 171 Å². The van der Waals surface area contributed by atoms with E-state index in [0.717, 1.165) is 24.8 Å². The summed E-state index contributed by atoms with van der Waals surface area (Å²) in [6.07, 6.45) is 2.84. The van der Waals surface area contributed by atoms with Crippen LogP contribution in [0, 0.1) is 3.57 Å². The Morgan fingerprint density at radius 1 is 1.31 bits per heavy atom. The lowest BCUT2D eigenvalue weighted by Crippen LogP contribution is -2.12. The van der Waals surface area contributed by atoms with E-state index in [1.807, 2.05) is 28.7 Å². The second kappa shape index (κ2) is 10.2. The number of methoxy groups -OCH3 is 1. The summed E-state index contributed by atoms with van der Waals surface area (Å²) >= 11 is 7.69. The predicted molar refractivity (Wildman–Crippen MR) is 110 cm³/mol. The first-order valence-electron chi connectivity index (χ1n) is 8.56. The molecule has 0 radical (unpaired) electrons. The van der Waals surface area contributed by atoms with E-state index >= 15 is 0 Å². The third-order valence-corrected chi connectivity index (χ3v) is 5.31. The highest BCUT2D eigenvalue weighted by atomic mass is 127. The van der Waals surface area contributed by atoms with E-state index in [0.29, 0.717) is 45.0 Å². The van der Waals surface area contributed by atoms with Gasteiger partial charge in [-0.3, -0.25) is 9.59 Å². The normalized spacial score (nSPS) is 10.9. The van der Waals surface area contributed by atoms with Crippen molar-refractivity contribution in [2.75, 3.05) is 19.6 Å². The number of aryl methyl sites for hydroxylation is 2. The molecule has 0 unspecified atom stereocenters. The second-order valence-corrected chi connectivity index (χ2v) is 7.26. The molecule has 0 spiro atoms. The summed E-state index contributed by atoms with van der Waals surface area (Å²) in [6, 6.07) is 3.56. The SMILES string of the molecule is CCCc1c(OCCCCl)ccc2c(=O)c(I)c(CCC(=O)OC)oc12. The number of benzene rings is 1. The van der Waals surface area contributed by atoms with Gasteiger partial charge in [-0.1, -0.05) is 13.3 Å². The largest absolute Gasteiger partial charge is 0.493 e. The Morgan fingerprint density at radius 2 is 2.08 bits per heavy atom. The van der Waals surface area contributed by atoms with Gasteiger partial charge in [0.2, 0.25) is 5.43 Å². The zero-order valence-electron chi connectivity index (χ0n) is 14.9. The average Bonchev–Trinajstić information content (AvgIpc) is 2.65. The van der Waals surface area contributed by atoms with Gasteiger partial charge in [0.15, 0.2) is 0 Å². The first kappa shape index (κ1) is 21.0. The maximum atomic E-state index is 12.7. The molecule has 2 aromatic rings. The number of carbonyl (C=O) groups excluding carboxylic acids is 1. The number of alkyl halides is 1. The summed E-state index contributed by atoms with van der Waals surface area (Å²) in [6.45, 7) is 2.57. The Balaban J connectivity index is 2.52. The topological polar surface area (TPSA) is 65.7 Å². The number of carbonyl (C=O) groups is 1. The van der Waals surface area contributed by atoms with Gasteiger partial charge in [0, 0.05) is 17.9 Å². The molecule has 0 amide bonds. The molecule has 0 saturated heterocycles. The second-order valence-electron chi connectivity index (χ2n) is 5.80. The van der Waals surface area contributed by atoms with Crippen LogP contribution in [-0.4, -0.2) is 25.6 Å². The smallest absolute Gasteiger partial charge is 0.305 e. The van der Waals surface area contributed by atoms with E-state index in [9.17, 15) is 9.59 Å². The third-order valence-electron chi connectivity index (χ3n) is 3.95. The molecule has 0 aliphatic rings. The van der Waals surface area contributed by atoms with Gasteiger partial charge in [0.25, 0.3) is 0 Å². The van der Waals surface area contributed by atoms with Crippen molar-refractivity contribution in [2.45, 2.75) is 39.0 Å². The van der Waals surface area contributed by atoms with Gasteiger partial charge < -0.3 is 13.9 Å². The minimum atomic E-state index is -0.338. The van der Waals surface area contributed by atoms with Crippen LogP contribution in [0.3, 0.4) is 0 Å². The summed E-state index contributed by atoms with van der Waals surface area (Å²) in [7, 11) is 1.34. The number of rotatable bonds is 9. The van der Waals surface area contributed by atoms with Crippen molar-refractivity contribution in [3.8, 4) is 5.75 Å². The molecule has 0 atom stereocenters. The summed E-state index contributed by atoms with van der Waals surface area (Å²) in [4.78, 5) is 24.2. The van der Waals surface area contributed by atoms with Crippen LogP contribution in [0.15, 0.2) is 21.3 Å². The molecule has 1 aromatic heterocycles. The average molecular weight is 493 g/mol. The zero-order chi connectivity index (χ0) is 19.1. The minimum Gasteiger partial charge on any atom is -0.493 e. The lowest BCUT2D eigenvalue weighted by atomic mass is 10.0. The van der Waals surface area contributed by atoms with Crippen molar-refractivity contribution < 1.29 is 18.7 Å². The van der Waals surface area contributed by atoms with Gasteiger partial charge in [-0.05, 0) is 47.6 Å². The van der Waals surface area contributed by atoms with E-state index in [1.54, 1.807) is 6.07 Å². The van der Waals surface area contributed by atoms with Crippen LogP contribution in [0.1, 0.15) is 37.5 Å². The lowest BCUT2D eigenvalue weighted by Gasteiger charge is -2.14. The Bertz CT molecular complexity index is 831. The summed E-state index contributed by atoms with van der Waals surface area (Å²) in [5.74, 6) is 1.41. The summed E-state index contributed by atoms with van der Waals surface area (Å²) in [5, 5.41) is 0.532. The van der Waals surface area contributed by atoms with Gasteiger partial charge in [-0.25, -0.2) is 0 Å². The van der Waals surface area contributed by atoms with Crippen molar-refractivity contribution in [2.24, 2.45) is 0 Å². The van der Waals surface area contributed by atoms with Crippen molar-refractivity contribution in [1.29, 1.82) is 0 Å².